The van der Waals surface area contributed by atoms with Gasteiger partial charge in [-0.25, -0.2) is 30.9 Å². The number of alkyl halides is 6. The van der Waals surface area contributed by atoms with Crippen LogP contribution < -0.4 is 20.4 Å². The number of nitrogens with zero attached hydrogens (tertiary/aromatic N) is 7. The summed E-state index contributed by atoms with van der Waals surface area (Å²) in [6.07, 6.45) is -1.90. The maximum absolute atomic E-state index is 13.0. The van der Waals surface area contributed by atoms with Crippen molar-refractivity contribution in [3.63, 3.8) is 0 Å². The van der Waals surface area contributed by atoms with Gasteiger partial charge in [-0.05, 0) is 89.4 Å². The van der Waals surface area contributed by atoms with E-state index in [2.05, 4.69) is 61.8 Å². The van der Waals surface area contributed by atoms with Gasteiger partial charge in [-0.3, -0.25) is 19.7 Å². The molecule has 0 aliphatic carbocycles. The fourth-order valence-electron chi connectivity index (χ4n) is 5.73. The quantitative estimate of drug-likeness (QED) is 0.132. The third-order valence-corrected chi connectivity index (χ3v) is 9.34. The van der Waals surface area contributed by atoms with Crippen molar-refractivity contribution >= 4 is 27.6 Å². The van der Waals surface area contributed by atoms with E-state index in [0.717, 1.165) is 35.7 Å². The molecule has 3 N–H and O–H groups in total. The molecule has 2 aliphatic heterocycles. The topological polar surface area (TPSA) is 158 Å². The van der Waals surface area contributed by atoms with Crippen molar-refractivity contribution in [2.45, 2.75) is 45.7 Å². The number of benzene rings is 2. The van der Waals surface area contributed by atoms with Crippen molar-refractivity contribution < 1.29 is 45.5 Å². The van der Waals surface area contributed by atoms with E-state index in [1.165, 1.54) is 26.4 Å². The maximum Gasteiger partial charge on any atom is 0.416 e. The normalized spacial score (nSPS) is 16.0. The predicted molar refractivity (Wildman–Crippen MR) is 221 cm³/mol. The molecule has 0 saturated heterocycles. The van der Waals surface area contributed by atoms with E-state index in [0.29, 0.717) is 56.1 Å². The van der Waals surface area contributed by atoms with Crippen LogP contribution in [0.4, 0.5) is 26.3 Å². The van der Waals surface area contributed by atoms with Crippen LogP contribution in [0.3, 0.4) is 0 Å². The van der Waals surface area contributed by atoms with Gasteiger partial charge in [-0.2, -0.15) is 26.3 Å². The van der Waals surface area contributed by atoms with Crippen molar-refractivity contribution in [3.8, 4) is 17.4 Å². The van der Waals surface area contributed by atoms with Gasteiger partial charge < -0.3 is 19.0 Å². The number of aromatic amines is 1. The summed E-state index contributed by atoms with van der Waals surface area (Å²) in [5.41, 5.74) is 8.23. The highest BCUT2D eigenvalue weighted by atomic mass is 79.9. The Balaban J connectivity index is 0.000000205. The number of rotatable bonds is 7. The Morgan fingerprint density at radius 3 is 1.71 bits per heavy atom. The summed E-state index contributed by atoms with van der Waals surface area (Å²) in [4.78, 5) is 39.2. The molecule has 6 aromatic rings. The zero-order valence-corrected chi connectivity index (χ0v) is 34.3. The summed E-state index contributed by atoms with van der Waals surface area (Å²) in [6.45, 7) is 4.04. The Morgan fingerprint density at radius 1 is 0.742 bits per heavy atom. The molecule has 2 aliphatic rings. The standard InChI is InChI=1S/C20H18F3N5O2.C16H13BrF3N3O2.C4H6N2.CH4/c1-12-9-28(11-24-12)17-7-6-15(26-19(17)29-2)18-25-16(10-30-27-18)13-4-3-5-14(8-13)20(21,22)23;1-24-15-11(17)5-6-12(22-15)14-21-13(8-25-23-14)9-3-2-4-10(7-9)16(18,19)20;1-4-2-5-3-6-4;/h3-9,11,16H,10H2,1-2H3,(H,25,27);2-7,13H,8H2,1H3,(H,21,23);2-3H,1H3,(H,5,6);1H4. The number of aliphatic imine (C=N–C) groups is 2. The molecule has 0 radical (unpaired) electrons. The summed E-state index contributed by atoms with van der Waals surface area (Å²) in [7, 11) is 2.98. The molecule has 0 bridgehead atoms. The van der Waals surface area contributed by atoms with Crippen LogP contribution in [0.2, 0.25) is 0 Å². The van der Waals surface area contributed by atoms with Gasteiger partial charge >= 0.3 is 12.4 Å². The summed E-state index contributed by atoms with van der Waals surface area (Å²) >= 11 is 3.30. The molecule has 328 valence electrons. The summed E-state index contributed by atoms with van der Waals surface area (Å²) in [5, 5.41) is 0. The molecule has 0 amide bonds. The van der Waals surface area contributed by atoms with E-state index in [1.807, 2.05) is 20.0 Å². The third-order valence-electron chi connectivity index (χ3n) is 8.74. The first-order valence-electron chi connectivity index (χ1n) is 18.1. The lowest BCUT2D eigenvalue weighted by molar-refractivity contribution is -0.138. The molecule has 6 heterocycles. The smallest absolute Gasteiger partial charge is 0.416 e. The molecule has 2 unspecified atom stereocenters. The van der Waals surface area contributed by atoms with Gasteiger partial charge in [0.2, 0.25) is 11.8 Å². The van der Waals surface area contributed by atoms with E-state index < -0.39 is 35.6 Å². The van der Waals surface area contributed by atoms with Gasteiger partial charge in [0.1, 0.15) is 42.4 Å². The first-order valence-corrected chi connectivity index (χ1v) is 18.9. The number of halogens is 7. The number of pyridine rings is 2. The fraction of sp³-hybridized carbons (Fsp3) is 0.268. The van der Waals surface area contributed by atoms with Crippen molar-refractivity contribution in [1.29, 1.82) is 0 Å². The first-order chi connectivity index (χ1) is 29.1. The number of H-pyrrole nitrogens is 1. The Kier molecular flexibility index (Phi) is 15.5. The minimum atomic E-state index is -4.42. The van der Waals surface area contributed by atoms with Crippen LogP contribution in [-0.2, 0) is 22.0 Å². The number of hydrogen-bond donors (Lipinski definition) is 3. The zero-order valence-electron chi connectivity index (χ0n) is 32.7. The summed E-state index contributed by atoms with van der Waals surface area (Å²) in [5.74, 6) is 1.33. The second kappa shape index (κ2) is 20.5. The lowest BCUT2D eigenvalue weighted by Crippen LogP contribution is -2.33. The molecule has 0 fully saturated rings. The maximum atomic E-state index is 13.0. The number of aromatic nitrogens is 6. The molecule has 14 nitrogen and oxygen atoms in total. The van der Waals surface area contributed by atoms with Gasteiger partial charge in [0.15, 0.2) is 11.7 Å². The molecule has 62 heavy (non-hydrogen) atoms. The second-order valence-corrected chi connectivity index (χ2v) is 14.0. The van der Waals surface area contributed by atoms with E-state index in [-0.39, 0.29) is 20.6 Å². The van der Waals surface area contributed by atoms with Crippen LogP contribution >= 0.6 is 15.9 Å². The Labute approximate surface area is 360 Å². The number of hydrogen-bond acceptors (Lipinski definition) is 12. The van der Waals surface area contributed by atoms with Gasteiger partial charge in [-0.15, -0.1) is 0 Å². The Morgan fingerprint density at radius 2 is 1.27 bits per heavy atom. The van der Waals surface area contributed by atoms with Gasteiger partial charge in [0.05, 0.1) is 48.2 Å². The Hall–Kier alpha value is -6.32. The number of nitrogens with one attached hydrogen (secondary N) is 3. The molecular weight excluding hydrogens is 890 g/mol. The molecule has 0 saturated carbocycles. The number of aryl methyl sites for hydroxylation is 2. The van der Waals surface area contributed by atoms with Gasteiger partial charge in [0, 0.05) is 18.1 Å². The molecule has 4 aromatic heterocycles. The number of amidine groups is 2. The van der Waals surface area contributed by atoms with E-state index in [9.17, 15) is 26.3 Å². The number of ether oxygens (including phenoxy) is 2. The lowest BCUT2D eigenvalue weighted by Gasteiger charge is -2.23. The van der Waals surface area contributed by atoms with Crippen molar-refractivity contribution in [2.75, 3.05) is 27.4 Å². The minimum Gasteiger partial charge on any atom is -0.480 e. The molecule has 21 heteroatoms. The summed E-state index contributed by atoms with van der Waals surface area (Å²) < 4.78 is 90.7. The third kappa shape index (κ3) is 11.9. The monoisotopic (exact) mass is 930 g/mol. The number of hydroxylamine groups is 2. The minimum absolute atomic E-state index is 0. The van der Waals surface area contributed by atoms with E-state index in [4.69, 9.17) is 19.1 Å². The van der Waals surface area contributed by atoms with E-state index >= 15 is 0 Å². The van der Waals surface area contributed by atoms with Gasteiger partial charge in [-0.1, -0.05) is 31.7 Å². The molecule has 8 rings (SSSR count). The highest BCUT2D eigenvalue weighted by Gasteiger charge is 2.33. The number of imidazole rings is 2. The fourth-order valence-corrected chi connectivity index (χ4v) is 6.11. The Bertz CT molecular complexity index is 2480. The van der Waals surface area contributed by atoms with Crippen LogP contribution in [0.25, 0.3) is 5.69 Å². The van der Waals surface area contributed by atoms with Gasteiger partial charge in [0.25, 0.3) is 0 Å². The highest BCUT2D eigenvalue weighted by Crippen LogP contribution is 2.34. The van der Waals surface area contributed by atoms with Crippen LogP contribution in [0.1, 0.15) is 64.5 Å². The van der Waals surface area contributed by atoms with E-state index in [1.54, 1.807) is 59.8 Å². The average molecular weight is 932 g/mol. The molecular formula is C41H41BrF6N10O4. The zero-order chi connectivity index (χ0) is 43.7. The first kappa shape index (κ1) is 46.7. The van der Waals surface area contributed by atoms with Crippen LogP contribution in [0.15, 0.2) is 112 Å². The average Bonchev–Trinajstić information content (AvgIpc) is 3.94. The van der Waals surface area contributed by atoms with Crippen molar-refractivity contribution in [3.05, 3.63) is 147 Å². The summed E-state index contributed by atoms with van der Waals surface area (Å²) in [6, 6.07) is 15.9. The van der Waals surface area contributed by atoms with Crippen LogP contribution in [0.5, 0.6) is 11.8 Å². The SMILES string of the molecule is C.COc1nc(C2=NC(c3cccc(C(F)(F)F)c3)CON2)ccc1-n1cnc(C)c1.COc1nc(C2=NC(c3cccc(C(F)(F)F)c3)CON2)ccc1Br.Cc1cnc[nH]1. The van der Waals surface area contributed by atoms with Crippen LogP contribution in [0, 0.1) is 13.8 Å². The van der Waals surface area contributed by atoms with Crippen molar-refractivity contribution in [1.82, 2.24) is 40.4 Å². The largest absolute Gasteiger partial charge is 0.480 e. The second-order valence-electron chi connectivity index (χ2n) is 13.1. The molecule has 2 atom stereocenters. The van der Waals surface area contributed by atoms with Crippen molar-refractivity contribution in [2.24, 2.45) is 9.98 Å². The molecule has 0 spiro atoms. The predicted octanol–water partition coefficient (Wildman–Crippen LogP) is 8.87. The number of methoxy groups -OCH3 is 2. The molecule has 2 aromatic carbocycles. The lowest BCUT2D eigenvalue weighted by atomic mass is 10.0. The van der Waals surface area contributed by atoms with Crippen LogP contribution in [-0.4, -0.2) is 68.6 Å². The highest BCUT2D eigenvalue weighted by molar-refractivity contribution is 9.10.